The molecule has 0 aliphatic carbocycles. The molecule has 0 unspecified atom stereocenters. The Morgan fingerprint density at radius 2 is 1.50 bits per heavy atom. The highest BCUT2D eigenvalue weighted by Gasteiger charge is 2.18. The average Bonchev–Trinajstić information content (AvgIpc) is 3.26. The van der Waals surface area contributed by atoms with Gasteiger partial charge < -0.3 is 4.57 Å². The lowest BCUT2D eigenvalue weighted by atomic mass is 10.0. The zero-order chi connectivity index (χ0) is 27.3. The molecule has 3 rings (SSSR count). The molecular weight excluding hydrogens is 523 g/mol. The van der Waals surface area contributed by atoms with E-state index in [1.165, 1.54) is 93.0 Å². The highest BCUT2D eigenvalue weighted by molar-refractivity contribution is 7.98. The molecule has 9 heteroatoms. The lowest BCUT2D eigenvalue weighted by molar-refractivity contribution is 0.519. The summed E-state index contributed by atoms with van der Waals surface area (Å²) in [4.78, 5) is 31.8. The molecule has 1 aromatic carbocycles. The average molecular weight is 565 g/mol. The molecule has 2 heterocycles. The van der Waals surface area contributed by atoms with Crippen molar-refractivity contribution in [2.45, 2.75) is 114 Å². The Hall–Kier alpha value is -2.06. The molecule has 210 valence electrons. The van der Waals surface area contributed by atoms with E-state index in [9.17, 15) is 14.0 Å². The zero-order valence-electron chi connectivity index (χ0n) is 22.9. The summed E-state index contributed by atoms with van der Waals surface area (Å²) < 4.78 is 17.5. The smallest absolute Gasteiger partial charge is 0.313 e. The fraction of sp³-hybridized carbons (Fsp3) is 0.621. The second-order valence-corrected chi connectivity index (χ2v) is 11.5. The Kier molecular flexibility index (Phi) is 12.9. The van der Waals surface area contributed by atoms with Crippen LogP contribution in [0.3, 0.4) is 0 Å². The predicted molar refractivity (Wildman–Crippen MR) is 157 cm³/mol. The Balaban J connectivity index is 1.50. The van der Waals surface area contributed by atoms with E-state index in [4.69, 9.17) is 11.6 Å². The van der Waals surface area contributed by atoms with Gasteiger partial charge in [-0.2, -0.15) is 0 Å². The number of H-pyrrole nitrogens is 1. The number of unbranched alkanes of at least 4 members (excludes halogenated alkanes) is 13. The summed E-state index contributed by atoms with van der Waals surface area (Å²) >= 11 is 7.53. The second-order valence-electron chi connectivity index (χ2n) is 10.1. The van der Waals surface area contributed by atoms with Crippen molar-refractivity contribution in [1.82, 2.24) is 19.1 Å². The number of rotatable bonds is 18. The van der Waals surface area contributed by atoms with Crippen LogP contribution in [-0.4, -0.2) is 19.1 Å². The van der Waals surface area contributed by atoms with Crippen molar-refractivity contribution < 1.29 is 4.39 Å². The predicted octanol–water partition coefficient (Wildman–Crippen LogP) is 7.99. The van der Waals surface area contributed by atoms with Gasteiger partial charge in [0.15, 0.2) is 16.3 Å². The summed E-state index contributed by atoms with van der Waals surface area (Å²) in [7, 11) is 1.59. The summed E-state index contributed by atoms with van der Waals surface area (Å²) in [6.45, 7) is 2.87. The second kappa shape index (κ2) is 16.1. The normalized spacial score (nSPS) is 11.6. The minimum absolute atomic E-state index is 0.277. The van der Waals surface area contributed by atoms with Crippen LogP contribution in [0.1, 0.15) is 102 Å². The van der Waals surface area contributed by atoms with E-state index in [1.807, 2.05) is 4.57 Å². The van der Waals surface area contributed by atoms with E-state index in [0.29, 0.717) is 33.5 Å². The number of thioether (sulfide) groups is 1. The molecule has 0 aliphatic heterocycles. The third-order valence-corrected chi connectivity index (χ3v) is 8.47. The van der Waals surface area contributed by atoms with Gasteiger partial charge >= 0.3 is 5.69 Å². The Bertz CT molecular complexity index is 1250. The Morgan fingerprint density at radius 3 is 2.08 bits per heavy atom. The topological polar surface area (TPSA) is 72.7 Å². The van der Waals surface area contributed by atoms with Crippen LogP contribution < -0.4 is 11.2 Å². The minimum atomic E-state index is -0.502. The molecule has 0 atom stereocenters. The third kappa shape index (κ3) is 8.73. The molecule has 0 saturated heterocycles. The van der Waals surface area contributed by atoms with Crippen molar-refractivity contribution in [3.05, 3.63) is 55.4 Å². The fourth-order valence-corrected chi connectivity index (χ4v) is 6.17. The van der Waals surface area contributed by atoms with Gasteiger partial charge in [0.05, 0.1) is 0 Å². The molecule has 0 spiro atoms. The number of hydrogen-bond donors (Lipinski definition) is 1. The molecule has 0 radical (unpaired) electrons. The first kappa shape index (κ1) is 30.5. The lowest BCUT2D eigenvalue weighted by Gasteiger charge is -2.10. The molecule has 0 amide bonds. The van der Waals surface area contributed by atoms with Gasteiger partial charge in [0.25, 0.3) is 5.56 Å². The summed E-state index contributed by atoms with van der Waals surface area (Å²) in [6, 6.07) is 4.62. The summed E-state index contributed by atoms with van der Waals surface area (Å²) in [6.07, 6.45) is 17.8. The van der Waals surface area contributed by atoms with Gasteiger partial charge in [-0.1, -0.05) is 120 Å². The van der Waals surface area contributed by atoms with Crippen LogP contribution in [0.4, 0.5) is 4.39 Å². The van der Waals surface area contributed by atoms with Crippen molar-refractivity contribution >= 4 is 34.5 Å². The van der Waals surface area contributed by atoms with Gasteiger partial charge in [0.2, 0.25) is 0 Å². The zero-order valence-corrected chi connectivity index (χ0v) is 24.4. The van der Waals surface area contributed by atoms with Crippen LogP contribution in [-0.2, 0) is 19.3 Å². The first-order chi connectivity index (χ1) is 18.4. The van der Waals surface area contributed by atoms with Crippen molar-refractivity contribution in [3.63, 3.8) is 0 Å². The molecule has 0 bridgehead atoms. The van der Waals surface area contributed by atoms with E-state index in [-0.39, 0.29) is 11.6 Å². The Labute approximate surface area is 234 Å². The summed E-state index contributed by atoms with van der Waals surface area (Å²) in [5, 5.41) is 0.943. The monoisotopic (exact) mass is 564 g/mol. The van der Waals surface area contributed by atoms with Gasteiger partial charge in [-0.3, -0.25) is 14.3 Å². The minimum Gasteiger partial charge on any atom is -0.313 e. The van der Waals surface area contributed by atoms with E-state index >= 15 is 0 Å². The molecule has 3 aromatic rings. The van der Waals surface area contributed by atoms with Gasteiger partial charge in [-0.15, -0.1) is 0 Å². The number of aryl methyl sites for hydroxylation is 2. The fourth-order valence-electron chi connectivity index (χ4n) is 4.80. The van der Waals surface area contributed by atoms with Crippen molar-refractivity contribution in [2.24, 2.45) is 7.05 Å². The van der Waals surface area contributed by atoms with E-state index < -0.39 is 11.2 Å². The van der Waals surface area contributed by atoms with E-state index in [2.05, 4.69) is 16.9 Å². The number of benzene rings is 1. The molecule has 6 nitrogen and oxygen atoms in total. The highest BCUT2D eigenvalue weighted by atomic mass is 35.5. The number of imidazole rings is 1. The first-order valence-electron chi connectivity index (χ1n) is 14.2. The van der Waals surface area contributed by atoms with Crippen LogP contribution in [0.2, 0.25) is 5.02 Å². The van der Waals surface area contributed by atoms with Crippen LogP contribution in [0, 0.1) is 5.82 Å². The molecule has 1 N–H and O–H groups in total. The number of nitrogens with zero attached hydrogens (tertiary/aromatic N) is 3. The van der Waals surface area contributed by atoms with E-state index in [1.54, 1.807) is 19.2 Å². The maximum Gasteiger partial charge on any atom is 0.329 e. The molecule has 0 fully saturated rings. The molecule has 38 heavy (non-hydrogen) atoms. The van der Waals surface area contributed by atoms with Gasteiger partial charge in [-0.05, 0) is 18.6 Å². The first-order valence-corrected chi connectivity index (χ1v) is 15.6. The maximum absolute atomic E-state index is 14.3. The number of aromatic amines is 1. The maximum atomic E-state index is 14.3. The lowest BCUT2D eigenvalue weighted by Crippen LogP contribution is -2.29. The van der Waals surface area contributed by atoms with Gasteiger partial charge in [0, 0.05) is 29.9 Å². The van der Waals surface area contributed by atoms with Gasteiger partial charge in [0.1, 0.15) is 5.82 Å². The number of hydrogen-bond acceptors (Lipinski definition) is 4. The third-order valence-electron chi connectivity index (χ3n) is 7.11. The number of fused-ring (bicyclic) bond motifs is 1. The molecule has 2 aromatic heterocycles. The van der Waals surface area contributed by atoms with Crippen molar-refractivity contribution in [2.75, 3.05) is 0 Å². The quantitative estimate of drug-likeness (QED) is 0.125. The van der Waals surface area contributed by atoms with Crippen LogP contribution in [0.25, 0.3) is 11.2 Å². The van der Waals surface area contributed by atoms with E-state index in [0.717, 1.165) is 19.3 Å². The van der Waals surface area contributed by atoms with Crippen LogP contribution >= 0.6 is 23.4 Å². The molecule has 0 aliphatic rings. The van der Waals surface area contributed by atoms with Crippen molar-refractivity contribution in [1.29, 1.82) is 0 Å². The number of aromatic nitrogens is 4. The van der Waals surface area contributed by atoms with Crippen LogP contribution in [0.5, 0.6) is 0 Å². The summed E-state index contributed by atoms with van der Waals surface area (Å²) in [5.41, 5.74) is 0.168. The van der Waals surface area contributed by atoms with Gasteiger partial charge in [-0.25, -0.2) is 14.2 Å². The largest absolute Gasteiger partial charge is 0.329 e. The Morgan fingerprint density at radius 1 is 0.921 bits per heavy atom. The number of halogens is 2. The molecular formula is C29H42ClFN4O2S. The standard InChI is InChI=1S/C29H42ClFN4O2S/c1-3-4-5-6-7-8-9-10-11-12-13-14-15-16-20-35-25-26(34(2)28(37)33-27(25)36)32-29(35)38-21-22-23(30)18-17-19-24(22)31/h17-19H,3-16,20-21H2,1-2H3,(H,33,36,37). The number of nitrogens with one attached hydrogen (secondary N) is 1. The molecule has 0 saturated carbocycles. The van der Waals surface area contributed by atoms with Crippen molar-refractivity contribution in [3.8, 4) is 0 Å². The SMILES string of the molecule is CCCCCCCCCCCCCCCCn1c(SCc2c(F)cccc2Cl)nc2c1c(=O)[nH]c(=O)n2C. The summed E-state index contributed by atoms with van der Waals surface area (Å²) in [5.74, 6) is -0.0933. The highest BCUT2D eigenvalue weighted by Crippen LogP contribution is 2.30. The van der Waals surface area contributed by atoms with Crippen LogP contribution in [0.15, 0.2) is 32.9 Å².